The van der Waals surface area contributed by atoms with E-state index in [1.165, 1.54) is 18.0 Å². The number of hydrogen-bond donors (Lipinski definition) is 2. The van der Waals surface area contributed by atoms with Gasteiger partial charge in [-0.05, 0) is 13.8 Å². The summed E-state index contributed by atoms with van der Waals surface area (Å²) >= 11 is 0. The summed E-state index contributed by atoms with van der Waals surface area (Å²) in [6, 6.07) is 1.58. The highest BCUT2D eigenvalue weighted by molar-refractivity contribution is 7.92. The van der Waals surface area contributed by atoms with Crippen LogP contribution in [0.5, 0.6) is 5.88 Å². The molecule has 0 bridgehead atoms. The molecule has 114 valence electrons. The van der Waals surface area contributed by atoms with Gasteiger partial charge in [-0.15, -0.1) is 0 Å². The monoisotopic (exact) mass is 312 g/mol. The van der Waals surface area contributed by atoms with E-state index < -0.39 is 10.0 Å². The summed E-state index contributed by atoms with van der Waals surface area (Å²) in [4.78, 5) is 7.81. The number of sulfonamides is 1. The molecule has 0 aliphatic carbocycles. The van der Waals surface area contributed by atoms with E-state index >= 15 is 0 Å². The molecule has 0 unspecified atom stereocenters. The van der Waals surface area contributed by atoms with Crippen LogP contribution in [0.25, 0.3) is 0 Å². The minimum absolute atomic E-state index is 0.0797. The maximum absolute atomic E-state index is 12.3. The number of nitrogens with two attached hydrogens (primary N) is 1. The van der Waals surface area contributed by atoms with Gasteiger partial charge in [0.2, 0.25) is 11.8 Å². The van der Waals surface area contributed by atoms with Gasteiger partial charge < -0.3 is 10.5 Å². The van der Waals surface area contributed by atoms with Crippen LogP contribution in [0.4, 0.5) is 11.8 Å². The third-order valence-electron chi connectivity index (χ3n) is 2.63. The zero-order chi connectivity index (χ0) is 15.6. The lowest BCUT2D eigenvalue weighted by Gasteiger charge is -2.07. The van der Waals surface area contributed by atoms with Crippen LogP contribution < -0.4 is 15.2 Å². The Bertz CT molecular complexity index is 755. The normalized spacial score (nSPS) is 11.4. The molecule has 2 rings (SSSR count). The summed E-state index contributed by atoms with van der Waals surface area (Å²) in [6.45, 7) is 4.03. The van der Waals surface area contributed by atoms with Crippen molar-refractivity contribution in [3.63, 3.8) is 0 Å². The molecular weight excluding hydrogens is 296 g/mol. The van der Waals surface area contributed by atoms with Crippen molar-refractivity contribution in [2.45, 2.75) is 25.3 Å². The molecule has 0 aromatic carbocycles. The summed E-state index contributed by atoms with van der Waals surface area (Å²) in [7, 11) is -2.48. The zero-order valence-corrected chi connectivity index (χ0v) is 12.7. The van der Waals surface area contributed by atoms with E-state index in [0.29, 0.717) is 12.2 Å². The van der Waals surface area contributed by atoms with Crippen molar-refractivity contribution in [1.29, 1.82) is 0 Å². The van der Waals surface area contributed by atoms with Crippen molar-refractivity contribution in [1.82, 2.24) is 19.7 Å². The van der Waals surface area contributed by atoms with Crippen molar-refractivity contribution in [3.8, 4) is 5.88 Å². The number of nitrogen functional groups attached to an aromatic ring is 1. The Morgan fingerprint density at radius 1 is 1.43 bits per heavy atom. The molecule has 0 amide bonds. The minimum Gasteiger partial charge on any atom is -0.481 e. The van der Waals surface area contributed by atoms with Gasteiger partial charge in [-0.1, -0.05) is 0 Å². The molecule has 2 aromatic heterocycles. The van der Waals surface area contributed by atoms with Gasteiger partial charge in [0.1, 0.15) is 4.90 Å². The van der Waals surface area contributed by atoms with Crippen LogP contribution in [-0.2, 0) is 16.6 Å². The van der Waals surface area contributed by atoms with Crippen molar-refractivity contribution in [2.75, 3.05) is 17.6 Å². The summed E-state index contributed by atoms with van der Waals surface area (Å²) in [6.07, 6.45) is 1.35. The zero-order valence-electron chi connectivity index (χ0n) is 11.9. The molecule has 0 radical (unpaired) electrons. The second kappa shape index (κ2) is 5.56. The Morgan fingerprint density at radius 2 is 2.14 bits per heavy atom. The number of hydrogen-bond acceptors (Lipinski definition) is 7. The number of aryl methyl sites for hydroxylation is 2. The summed E-state index contributed by atoms with van der Waals surface area (Å²) < 4.78 is 33.3. The predicted molar refractivity (Wildman–Crippen MR) is 76.4 cm³/mol. The number of anilines is 2. The van der Waals surface area contributed by atoms with Gasteiger partial charge in [-0.2, -0.15) is 10.1 Å². The lowest BCUT2D eigenvalue weighted by atomic mass is 10.4. The topological polar surface area (TPSA) is 125 Å². The first-order chi connectivity index (χ1) is 9.85. The largest absolute Gasteiger partial charge is 0.481 e. The number of ether oxygens (including phenoxy) is 1. The second-order valence-corrected chi connectivity index (χ2v) is 5.87. The molecule has 3 N–H and O–H groups in total. The first kappa shape index (κ1) is 15.0. The Labute approximate surface area is 122 Å². The Hall–Kier alpha value is -2.36. The van der Waals surface area contributed by atoms with Crippen molar-refractivity contribution >= 4 is 21.8 Å². The molecule has 0 saturated carbocycles. The first-order valence-corrected chi connectivity index (χ1v) is 7.59. The van der Waals surface area contributed by atoms with Gasteiger partial charge in [0.25, 0.3) is 10.0 Å². The van der Waals surface area contributed by atoms with Crippen LogP contribution in [0.15, 0.2) is 17.2 Å². The van der Waals surface area contributed by atoms with Gasteiger partial charge in [-0.3, -0.25) is 4.68 Å². The lowest BCUT2D eigenvalue weighted by Crippen LogP contribution is -2.16. The fraction of sp³-hybridized carbons (Fsp3) is 0.364. The average molecular weight is 312 g/mol. The van der Waals surface area contributed by atoms with E-state index in [0.717, 1.165) is 0 Å². The van der Waals surface area contributed by atoms with Gasteiger partial charge in [0.15, 0.2) is 5.82 Å². The third kappa shape index (κ3) is 3.21. The number of rotatable bonds is 5. The van der Waals surface area contributed by atoms with E-state index in [4.69, 9.17) is 10.5 Å². The molecule has 0 aliphatic heterocycles. The quantitative estimate of drug-likeness (QED) is 0.818. The molecule has 0 aliphatic rings. The summed E-state index contributed by atoms with van der Waals surface area (Å²) in [5.41, 5.74) is 6.19. The van der Waals surface area contributed by atoms with E-state index in [1.807, 2.05) is 6.92 Å². The van der Waals surface area contributed by atoms with E-state index in [2.05, 4.69) is 19.8 Å². The minimum atomic E-state index is -3.91. The second-order valence-electron chi connectivity index (χ2n) is 4.22. The van der Waals surface area contributed by atoms with Crippen molar-refractivity contribution in [2.24, 2.45) is 0 Å². The van der Waals surface area contributed by atoms with Crippen molar-refractivity contribution in [3.05, 3.63) is 18.0 Å². The Kier molecular flexibility index (Phi) is 3.98. The van der Waals surface area contributed by atoms with Gasteiger partial charge in [0.05, 0.1) is 7.11 Å². The highest BCUT2D eigenvalue weighted by atomic mass is 32.2. The fourth-order valence-electron chi connectivity index (χ4n) is 1.65. The average Bonchev–Trinajstić information content (AvgIpc) is 2.79. The van der Waals surface area contributed by atoms with Crippen LogP contribution in [-0.4, -0.2) is 35.3 Å². The third-order valence-corrected chi connectivity index (χ3v) is 3.98. The fourth-order valence-corrected chi connectivity index (χ4v) is 2.67. The number of methoxy groups -OCH3 is 1. The van der Waals surface area contributed by atoms with E-state index in [1.54, 1.807) is 13.0 Å². The van der Waals surface area contributed by atoms with Gasteiger partial charge >= 0.3 is 0 Å². The van der Waals surface area contributed by atoms with Gasteiger partial charge in [0, 0.05) is 24.5 Å². The molecule has 21 heavy (non-hydrogen) atoms. The van der Waals surface area contributed by atoms with Crippen LogP contribution in [0.1, 0.15) is 12.6 Å². The summed E-state index contributed by atoms with van der Waals surface area (Å²) in [5.74, 6) is 0.0943. The molecule has 0 spiro atoms. The van der Waals surface area contributed by atoms with Gasteiger partial charge in [-0.25, -0.2) is 18.1 Å². The van der Waals surface area contributed by atoms with Crippen LogP contribution in [0, 0.1) is 6.92 Å². The summed E-state index contributed by atoms with van der Waals surface area (Å²) in [5, 5.41) is 3.90. The maximum Gasteiger partial charge on any atom is 0.269 e. The highest BCUT2D eigenvalue weighted by Crippen LogP contribution is 2.20. The van der Waals surface area contributed by atoms with Crippen LogP contribution in [0.2, 0.25) is 0 Å². The SMILES string of the molecule is CCn1cc(S(=O)(=O)Nc2nc(C)cc(OC)n2)c(N)n1. The number of aromatic nitrogens is 4. The Balaban J connectivity index is 2.37. The first-order valence-electron chi connectivity index (χ1n) is 6.11. The molecule has 0 atom stereocenters. The molecule has 0 fully saturated rings. The van der Waals surface area contributed by atoms with E-state index in [9.17, 15) is 8.42 Å². The maximum atomic E-state index is 12.3. The van der Waals surface area contributed by atoms with Crippen LogP contribution >= 0.6 is 0 Å². The smallest absolute Gasteiger partial charge is 0.269 e. The number of nitrogens with zero attached hydrogens (tertiary/aromatic N) is 4. The molecule has 2 heterocycles. The lowest BCUT2D eigenvalue weighted by molar-refractivity contribution is 0.397. The highest BCUT2D eigenvalue weighted by Gasteiger charge is 2.22. The molecular formula is C11H16N6O3S. The van der Waals surface area contributed by atoms with E-state index in [-0.39, 0.29) is 22.5 Å². The molecule has 9 nitrogen and oxygen atoms in total. The number of nitrogens with one attached hydrogen (secondary N) is 1. The Morgan fingerprint density at radius 3 is 2.71 bits per heavy atom. The molecule has 2 aromatic rings. The molecule has 10 heteroatoms. The van der Waals surface area contributed by atoms with Crippen molar-refractivity contribution < 1.29 is 13.2 Å². The standard InChI is InChI=1S/C11H16N6O3S/c1-4-17-6-8(10(12)15-17)21(18,19)16-11-13-7(2)5-9(14-11)20-3/h5-6H,4H2,1-3H3,(H2,12,15)(H,13,14,16). The molecule has 0 saturated heterocycles. The predicted octanol–water partition coefficient (Wildman–Crippen LogP) is 0.393. The van der Waals surface area contributed by atoms with Crippen LogP contribution in [0.3, 0.4) is 0 Å².